The number of aryl methyl sites for hydroxylation is 1. The van der Waals surface area contributed by atoms with E-state index >= 15 is 0 Å². The molecule has 7 rings (SSSR count). The quantitative estimate of drug-likeness (QED) is 0.0958. The van der Waals surface area contributed by atoms with Crippen molar-refractivity contribution < 1.29 is 96.1 Å². The van der Waals surface area contributed by atoms with Crippen LogP contribution in [0.4, 0.5) is 79.0 Å². The molecule has 0 heterocycles. The molecule has 0 saturated heterocycles. The first-order valence-electron chi connectivity index (χ1n) is 32.3. The van der Waals surface area contributed by atoms with E-state index in [-0.39, 0.29) is 32.2 Å². The van der Waals surface area contributed by atoms with E-state index in [0.29, 0.717) is 53.3 Å². The van der Waals surface area contributed by atoms with Crippen molar-refractivity contribution in [3.63, 3.8) is 0 Å². The highest BCUT2D eigenvalue weighted by Gasteiger charge is 2.38. The highest BCUT2D eigenvalue weighted by molar-refractivity contribution is 5.34. The van der Waals surface area contributed by atoms with E-state index in [0.717, 1.165) is 46.0 Å². The topological polar surface area (TPSA) is 27.7 Å². The Morgan fingerprint density at radius 2 is 0.646 bits per heavy atom. The van der Waals surface area contributed by atoms with Gasteiger partial charge in [-0.3, -0.25) is 4.39 Å². The maximum absolute atomic E-state index is 13.1. The second-order valence-electron chi connectivity index (χ2n) is 25.2. The standard InChI is InChI=1S/C13H20.2C12H15F3.C10H10F4O.C10H11F3O.C10H11F3.C10H13FO.CH3F.2H2/c1-4-5-6-12-7-9-13(10-8-12)11(2)3;2*1-8(2)10-4-6-11(7-5-10)9(3)12(13,14)15;1-6(2)7-3-4-9(8(11)5-7)15-10(12,13)14;1-7(2)8-4-3-5-9(6-8)14-10(11,12)13;1-7(2)8-4-3-5-9(6-8)10(11,12)13;1-7(2)8-4-5-10(12-3)9(11)6-8;1-2;;/h7-11H,4-6H2,1-3H3;2*4-9H,1-3H3;3-6H,1-2H3;3-7H,1-2H3;3-7H,1-2H3;4-7H,1-3H3;1H3;2*1H. The van der Waals surface area contributed by atoms with Crippen molar-refractivity contribution in [2.45, 2.75) is 221 Å². The Morgan fingerprint density at radius 1 is 0.343 bits per heavy atom. The van der Waals surface area contributed by atoms with Gasteiger partial charge in [0.15, 0.2) is 23.1 Å². The lowest BCUT2D eigenvalue weighted by atomic mass is 9.96. The van der Waals surface area contributed by atoms with Crippen LogP contribution < -0.4 is 14.2 Å². The number of benzene rings is 7. The molecule has 0 bridgehead atoms. The Kier molecular flexibility index (Phi) is 40.2. The Hall–Kier alpha value is -7.32. The van der Waals surface area contributed by atoms with Crippen molar-refractivity contribution in [1.82, 2.24) is 0 Å². The van der Waals surface area contributed by atoms with E-state index in [1.54, 1.807) is 72.8 Å². The summed E-state index contributed by atoms with van der Waals surface area (Å²) in [5.41, 5.74) is 8.29. The number of methoxy groups -OCH3 is 1. The van der Waals surface area contributed by atoms with Gasteiger partial charge in [0.25, 0.3) is 0 Å². The lowest BCUT2D eigenvalue weighted by molar-refractivity contribution is -0.276. The minimum atomic E-state index is -4.86. The molecule has 0 aliphatic carbocycles. The van der Waals surface area contributed by atoms with Gasteiger partial charge in [0, 0.05) is 2.85 Å². The SMILES string of the molecule is CC(C)c1ccc(C(C)C(F)(F)F)cc1.CC(C)c1ccc(C(C)C(F)(F)F)cc1.CC(C)c1ccc(OC(F)(F)F)c(F)c1.CC(C)c1cccc(C(F)(F)F)c1.CC(C)c1cccc(OC(F)(F)F)c1.CCCCc1ccc(C(C)C)cc1.CF.COc1ccc(C(C)C)cc1F.[HH].[HH]. The van der Waals surface area contributed by atoms with Crippen LogP contribution in [0.3, 0.4) is 0 Å². The fraction of sp³-hybridized carbons (Fsp3) is 0.462. The molecule has 2 atom stereocenters. The monoisotopic (exact) mass is 1430 g/mol. The van der Waals surface area contributed by atoms with Crippen LogP contribution in [0.1, 0.15) is 248 Å². The zero-order valence-corrected chi connectivity index (χ0v) is 59.9. The van der Waals surface area contributed by atoms with Gasteiger partial charge in [0.05, 0.1) is 31.7 Å². The van der Waals surface area contributed by atoms with E-state index in [1.165, 1.54) is 87.7 Å². The molecule has 2 unspecified atom stereocenters. The van der Waals surface area contributed by atoms with Crippen LogP contribution in [-0.4, -0.2) is 39.4 Å². The Balaban J connectivity index is -0.00000110. The summed E-state index contributed by atoms with van der Waals surface area (Å²) in [6.45, 7) is 32.4. The zero-order valence-electron chi connectivity index (χ0n) is 59.9. The predicted molar refractivity (Wildman–Crippen MR) is 367 cm³/mol. The van der Waals surface area contributed by atoms with Crippen LogP contribution in [0.5, 0.6) is 17.2 Å². The number of hydrogen-bond acceptors (Lipinski definition) is 3. The number of halogens is 18. The van der Waals surface area contributed by atoms with Crippen molar-refractivity contribution in [3.05, 3.63) is 231 Å². The molecule has 0 fully saturated rings. The van der Waals surface area contributed by atoms with Crippen molar-refractivity contribution in [2.75, 3.05) is 14.3 Å². The number of unbranched alkanes of at least 4 members (excludes halogenated alkanes) is 1. The smallest absolute Gasteiger partial charge is 0.494 e. The van der Waals surface area contributed by atoms with E-state index < -0.39 is 60.2 Å². The zero-order chi connectivity index (χ0) is 76.6. The van der Waals surface area contributed by atoms with E-state index in [9.17, 15) is 79.0 Å². The molecule has 7 aromatic rings. The van der Waals surface area contributed by atoms with E-state index in [2.05, 4.69) is 54.5 Å². The first kappa shape index (κ1) is 91.7. The molecule has 0 spiro atoms. The second kappa shape index (κ2) is 43.4. The Bertz CT molecular complexity index is 3250. The van der Waals surface area contributed by atoms with Gasteiger partial charge in [0.2, 0.25) is 0 Å². The van der Waals surface area contributed by atoms with Gasteiger partial charge in [0.1, 0.15) is 5.75 Å². The maximum atomic E-state index is 13.1. The molecule has 99 heavy (non-hydrogen) atoms. The Morgan fingerprint density at radius 3 is 0.949 bits per heavy atom. The van der Waals surface area contributed by atoms with Crippen LogP contribution in [0.2, 0.25) is 0 Å². The molecule has 0 amide bonds. The third-order valence-corrected chi connectivity index (χ3v) is 15.0. The van der Waals surface area contributed by atoms with Gasteiger partial charge in [-0.05, 0) is 166 Å². The van der Waals surface area contributed by atoms with Gasteiger partial charge in [-0.2, -0.15) is 39.5 Å². The summed E-state index contributed by atoms with van der Waals surface area (Å²) in [5, 5.41) is 0. The number of hydrogen-bond donors (Lipinski definition) is 0. The Labute approximate surface area is 577 Å². The minimum absolute atomic E-state index is 0. The largest absolute Gasteiger partial charge is 0.573 e. The second-order valence-corrected chi connectivity index (χ2v) is 25.2. The average molecular weight is 1430 g/mol. The first-order valence-corrected chi connectivity index (χ1v) is 32.3. The summed E-state index contributed by atoms with van der Waals surface area (Å²) < 4.78 is 230. The van der Waals surface area contributed by atoms with Crippen LogP contribution in [0.25, 0.3) is 0 Å². The van der Waals surface area contributed by atoms with Crippen LogP contribution in [0, 0.1) is 11.6 Å². The summed E-state index contributed by atoms with van der Waals surface area (Å²) in [5.74, 6) is -2.66. The van der Waals surface area contributed by atoms with Crippen LogP contribution in [-0.2, 0) is 12.6 Å². The minimum Gasteiger partial charge on any atom is -0.494 e. The van der Waals surface area contributed by atoms with Gasteiger partial charge < -0.3 is 14.2 Å². The molecule has 0 saturated carbocycles. The summed E-state index contributed by atoms with van der Waals surface area (Å²) in [6.07, 6.45) is -18.2. The molecule has 0 aliphatic rings. The fourth-order valence-corrected chi connectivity index (χ4v) is 8.44. The van der Waals surface area contributed by atoms with Crippen molar-refractivity contribution >= 4 is 0 Å². The third kappa shape index (κ3) is 37.1. The summed E-state index contributed by atoms with van der Waals surface area (Å²) in [7, 11) is 1.97. The lowest BCUT2D eigenvalue weighted by Crippen LogP contribution is -2.18. The summed E-state index contributed by atoms with van der Waals surface area (Å²) in [4.78, 5) is 0. The molecule has 0 aliphatic heterocycles. The van der Waals surface area contributed by atoms with Gasteiger partial charge in [-0.15, -0.1) is 26.3 Å². The first-order chi connectivity index (χ1) is 45.6. The molecule has 558 valence electrons. The van der Waals surface area contributed by atoms with Gasteiger partial charge in [-0.25, -0.2) is 8.78 Å². The van der Waals surface area contributed by atoms with E-state index in [4.69, 9.17) is 4.74 Å². The van der Waals surface area contributed by atoms with Crippen LogP contribution >= 0.6 is 0 Å². The van der Waals surface area contributed by atoms with Crippen molar-refractivity contribution in [2.24, 2.45) is 0 Å². The highest BCUT2D eigenvalue weighted by Crippen LogP contribution is 2.37. The number of ether oxygens (including phenoxy) is 3. The average Bonchev–Trinajstić information content (AvgIpc) is 0.861. The molecule has 7 aromatic carbocycles. The highest BCUT2D eigenvalue weighted by atomic mass is 19.4. The van der Waals surface area contributed by atoms with E-state index in [1.807, 2.05) is 89.2 Å². The lowest BCUT2D eigenvalue weighted by Gasteiger charge is -2.16. The summed E-state index contributed by atoms with van der Waals surface area (Å²) in [6, 6.07) is 42.3. The molecular weight excluding hydrogens is 1330 g/mol. The molecule has 3 nitrogen and oxygen atoms in total. The van der Waals surface area contributed by atoms with Gasteiger partial charge in [-0.1, -0.05) is 226 Å². The van der Waals surface area contributed by atoms with Crippen molar-refractivity contribution in [1.29, 1.82) is 0 Å². The van der Waals surface area contributed by atoms with Gasteiger partial charge >= 0.3 is 31.3 Å². The third-order valence-electron chi connectivity index (χ3n) is 15.0. The normalized spacial score (nSPS) is 12.2. The molecule has 0 radical (unpaired) electrons. The predicted octanol–water partition coefficient (Wildman–Crippen LogP) is 28.5. The number of alkyl halides is 16. The maximum Gasteiger partial charge on any atom is 0.573 e. The molecule has 0 N–H and O–H groups in total. The molecule has 21 heteroatoms. The molecule has 0 aromatic heterocycles. The summed E-state index contributed by atoms with van der Waals surface area (Å²) >= 11 is 0. The molecular formula is C78H102F18O3. The number of rotatable bonds is 15. The fourth-order valence-electron chi connectivity index (χ4n) is 8.44. The van der Waals surface area contributed by atoms with Crippen molar-refractivity contribution in [3.8, 4) is 17.2 Å². The van der Waals surface area contributed by atoms with Crippen LogP contribution in [0.15, 0.2) is 158 Å².